The lowest BCUT2D eigenvalue weighted by Gasteiger charge is -2.21. The topological polar surface area (TPSA) is 45.7 Å². The summed E-state index contributed by atoms with van der Waals surface area (Å²) in [4.78, 5) is 21.7. The van der Waals surface area contributed by atoms with Crippen molar-refractivity contribution in [2.24, 2.45) is 0 Å². The molecule has 0 radical (unpaired) electrons. The minimum atomic E-state index is -0.0715. The van der Waals surface area contributed by atoms with Gasteiger partial charge in [0.05, 0.1) is 10.2 Å². The van der Waals surface area contributed by atoms with Crippen LogP contribution < -0.4 is 9.64 Å². The number of halogens is 1. The van der Waals surface area contributed by atoms with Gasteiger partial charge >= 0.3 is 0 Å². The van der Waals surface area contributed by atoms with Crippen molar-refractivity contribution in [2.45, 2.75) is 27.2 Å². The molecule has 0 aliphatic carbocycles. The van der Waals surface area contributed by atoms with E-state index in [0.29, 0.717) is 12.3 Å². The molecule has 0 fully saturated rings. The highest BCUT2D eigenvalue weighted by molar-refractivity contribution is 7.22. The second-order valence-electron chi connectivity index (χ2n) is 7.73. The molecule has 0 N–H and O–H groups in total. The van der Waals surface area contributed by atoms with Gasteiger partial charge in [-0.05, 0) is 77.2 Å². The fraction of sp³-hybridized carbons (Fsp3) is 0.391. The fourth-order valence-electron chi connectivity index (χ4n) is 3.21. The summed E-state index contributed by atoms with van der Waals surface area (Å²) in [6.07, 6.45) is 0.872. The zero-order chi connectivity index (χ0) is 21.0. The van der Waals surface area contributed by atoms with Crippen molar-refractivity contribution in [2.75, 3.05) is 38.7 Å². The Labute approximate surface area is 189 Å². The lowest BCUT2D eigenvalue weighted by molar-refractivity contribution is -0.120. The minimum Gasteiger partial charge on any atom is -0.484 e. The summed E-state index contributed by atoms with van der Waals surface area (Å²) in [6.45, 7) is 7.71. The van der Waals surface area contributed by atoms with Gasteiger partial charge in [-0.3, -0.25) is 9.69 Å². The van der Waals surface area contributed by atoms with Gasteiger partial charge < -0.3 is 9.64 Å². The van der Waals surface area contributed by atoms with Crippen molar-refractivity contribution in [3.63, 3.8) is 0 Å². The number of nitrogens with zero attached hydrogens (tertiary/aromatic N) is 3. The molecule has 1 amide bonds. The van der Waals surface area contributed by atoms with Crippen molar-refractivity contribution in [1.82, 2.24) is 9.88 Å². The van der Waals surface area contributed by atoms with Gasteiger partial charge in [-0.2, -0.15) is 0 Å². The molecule has 0 saturated heterocycles. The van der Waals surface area contributed by atoms with Gasteiger partial charge in [0, 0.05) is 6.54 Å². The average Bonchev–Trinajstić information content (AvgIpc) is 3.08. The van der Waals surface area contributed by atoms with Crippen molar-refractivity contribution in [1.29, 1.82) is 0 Å². The van der Waals surface area contributed by atoms with Gasteiger partial charge in [0.2, 0.25) is 0 Å². The molecular formula is C23H30ClN3O2S. The summed E-state index contributed by atoms with van der Waals surface area (Å²) >= 11 is 1.58. The summed E-state index contributed by atoms with van der Waals surface area (Å²) in [5.41, 5.74) is 4.49. The van der Waals surface area contributed by atoms with E-state index in [1.807, 2.05) is 45.3 Å². The number of carbonyl (C=O) groups excluding carboxylic acids is 1. The number of thiazole rings is 1. The lowest BCUT2D eigenvalue weighted by atomic mass is 10.1. The molecule has 0 bridgehead atoms. The Balaban J connectivity index is 0.00000320. The van der Waals surface area contributed by atoms with Gasteiger partial charge in [-0.1, -0.05) is 35.1 Å². The molecule has 162 valence electrons. The molecule has 0 spiro atoms. The van der Waals surface area contributed by atoms with E-state index in [-0.39, 0.29) is 24.9 Å². The van der Waals surface area contributed by atoms with Crippen LogP contribution in [-0.2, 0) is 4.79 Å². The molecule has 1 aromatic heterocycles. The zero-order valence-corrected chi connectivity index (χ0v) is 19.9. The predicted molar refractivity (Wildman–Crippen MR) is 129 cm³/mol. The van der Waals surface area contributed by atoms with Gasteiger partial charge in [-0.15, -0.1) is 12.4 Å². The molecule has 0 atom stereocenters. The van der Waals surface area contributed by atoms with Crippen LogP contribution in [0.4, 0.5) is 5.13 Å². The predicted octanol–water partition coefficient (Wildman–Crippen LogP) is 5.01. The van der Waals surface area contributed by atoms with E-state index in [2.05, 4.69) is 30.9 Å². The van der Waals surface area contributed by atoms with Crippen molar-refractivity contribution in [3.05, 3.63) is 53.1 Å². The number of fused-ring (bicyclic) bond motifs is 1. The molecule has 0 aliphatic rings. The van der Waals surface area contributed by atoms with Crippen LogP contribution in [0.2, 0.25) is 0 Å². The Bertz CT molecular complexity index is 986. The third-order valence-corrected chi connectivity index (χ3v) is 5.94. The van der Waals surface area contributed by atoms with E-state index in [9.17, 15) is 4.79 Å². The van der Waals surface area contributed by atoms with E-state index in [4.69, 9.17) is 9.72 Å². The molecule has 3 aromatic rings. The van der Waals surface area contributed by atoms with E-state index < -0.39 is 0 Å². The Hall–Kier alpha value is -2.15. The number of aryl methyl sites for hydroxylation is 3. The molecule has 7 heteroatoms. The van der Waals surface area contributed by atoms with Crippen LogP contribution in [0, 0.1) is 20.8 Å². The number of rotatable bonds is 8. The summed E-state index contributed by atoms with van der Waals surface area (Å²) in [7, 11) is 4.08. The van der Waals surface area contributed by atoms with Gasteiger partial charge in [-0.25, -0.2) is 4.98 Å². The minimum absolute atomic E-state index is 0. The molecule has 2 aromatic carbocycles. The molecule has 5 nitrogen and oxygen atoms in total. The highest BCUT2D eigenvalue weighted by Crippen LogP contribution is 2.32. The number of amides is 1. The monoisotopic (exact) mass is 447 g/mol. The normalized spacial score (nSPS) is 10.9. The standard InChI is InChI=1S/C23H29N3O2S.ClH/c1-16-7-9-19(10-8-16)28-15-21(27)26(12-6-11-25(4)5)23-24-20-14-17(2)13-18(3)22(20)29-23;/h7-10,13-14H,6,11-12,15H2,1-5H3;1H. The molecule has 3 rings (SSSR count). The van der Waals surface area contributed by atoms with Crippen LogP contribution in [0.3, 0.4) is 0 Å². The largest absolute Gasteiger partial charge is 0.484 e. The van der Waals surface area contributed by atoms with Crippen LogP contribution in [0.1, 0.15) is 23.1 Å². The number of aromatic nitrogens is 1. The molecular weight excluding hydrogens is 418 g/mol. The van der Waals surface area contributed by atoms with Crippen LogP contribution in [0.5, 0.6) is 5.75 Å². The maximum absolute atomic E-state index is 13.0. The number of benzene rings is 2. The molecule has 0 aliphatic heterocycles. The maximum Gasteiger partial charge on any atom is 0.266 e. The average molecular weight is 448 g/mol. The molecule has 1 heterocycles. The second-order valence-corrected chi connectivity index (χ2v) is 8.71. The summed E-state index contributed by atoms with van der Waals surface area (Å²) in [5, 5.41) is 0.741. The summed E-state index contributed by atoms with van der Waals surface area (Å²) in [5.74, 6) is 0.630. The van der Waals surface area contributed by atoms with Gasteiger partial charge in [0.15, 0.2) is 11.7 Å². The number of hydrogen-bond donors (Lipinski definition) is 0. The third kappa shape index (κ3) is 6.17. The molecule has 0 unspecified atom stereocenters. The number of anilines is 1. The first-order valence-corrected chi connectivity index (χ1v) is 10.7. The maximum atomic E-state index is 13.0. The Morgan fingerprint density at radius 2 is 1.73 bits per heavy atom. The van der Waals surface area contributed by atoms with Crippen molar-refractivity contribution in [3.8, 4) is 5.75 Å². The Morgan fingerprint density at radius 1 is 1.03 bits per heavy atom. The van der Waals surface area contributed by atoms with Crippen molar-refractivity contribution < 1.29 is 9.53 Å². The van der Waals surface area contributed by atoms with Crippen LogP contribution in [-0.4, -0.2) is 49.6 Å². The van der Waals surface area contributed by atoms with Gasteiger partial charge in [0.1, 0.15) is 5.75 Å². The first kappa shape index (κ1) is 24.1. The number of hydrogen-bond acceptors (Lipinski definition) is 5. The fourth-order valence-corrected chi connectivity index (χ4v) is 4.27. The SMILES string of the molecule is Cc1ccc(OCC(=O)N(CCCN(C)C)c2nc3cc(C)cc(C)c3s2)cc1.Cl. The second kappa shape index (κ2) is 10.8. The van der Waals surface area contributed by atoms with Crippen LogP contribution in [0.25, 0.3) is 10.2 Å². The van der Waals surface area contributed by atoms with Crippen LogP contribution >= 0.6 is 23.7 Å². The number of carbonyl (C=O) groups is 1. The van der Waals surface area contributed by atoms with E-state index in [0.717, 1.165) is 33.9 Å². The number of ether oxygens (including phenoxy) is 1. The smallest absolute Gasteiger partial charge is 0.266 e. The van der Waals surface area contributed by atoms with Crippen LogP contribution in [0.15, 0.2) is 36.4 Å². The quantitative estimate of drug-likeness (QED) is 0.487. The van der Waals surface area contributed by atoms with E-state index >= 15 is 0 Å². The Kier molecular flexibility index (Phi) is 8.65. The molecule has 0 saturated carbocycles. The summed E-state index contributed by atoms with van der Waals surface area (Å²) < 4.78 is 6.88. The summed E-state index contributed by atoms with van der Waals surface area (Å²) in [6, 6.07) is 12.0. The van der Waals surface area contributed by atoms with Crippen molar-refractivity contribution >= 4 is 45.0 Å². The highest BCUT2D eigenvalue weighted by Gasteiger charge is 2.21. The highest BCUT2D eigenvalue weighted by atomic mass is 35.5. The molecule has 30 heavy (non-hydrogen) atoms. The lowest BCUT2D eigenvalue weighted by Crippen LogP contribution is -2.36. The third-order valence-electron chi connectivity index (χ3n) is 4.71. The first-order chi connectivity index (χ1) is 13.8. The Morgan fingerprint density at radius 3 is 2.40 bits per heavy atom. The first-order valence-electron chi connectivity index (χ1n) is 9.86. The van der Waals surface area contributed by atoms with E-state index in [1.54, 1.807) is 16.2 Å². The zero-order valence-electron chi connectivity index (χ0n) is 18.3. The van der Waals surface area contributed by atoms with Gasteiger partial charge in [0.25, 0.3) is 5.91 Å². The van der Waals surface area contributed by atoms with E-state index in [1.165, 1.54) is 11.1 Å².